The third kappa shape index (κ3) is 2.16. The molecule has 0 radical (unpaired) electrons. The second kappa shape index (κ2) is 4.80. The molecule has 0 amide bonds. The van der Waals surface area contributed by atoms with E-state index in [1.165, 1.54) is 29.7 Å². The van der Waals surface area contributed by atoms with Crippen molar-refractivity contribution in [3.63, 3.8) is 0 Å². The fourth-order valence-corrected chi connectivity index (χ4v) is 1.89. The Balaban J connectivity index is 2.60. The summed E-state index contributed by atoms with van der Waals surface area (Å²) in [6, 6.07) is 4.16. The molecule has 0 saturated heterocycles. The second-order valence-electron chi connectivity index (χ2n) is 4.48. The van der Waals surface area contributed by atoms with Gasteiger partial charge in [0.1, 0.15) is 0 Å². The van der Waals surface area contributed by atoms with E-state index in [1.807, 2.05) is 0 Å². The Bertz CT molecular complexity index is 662. The topological polar surface area (TPSA) is 91.9 Å². The van der Waals surface area contributed by atoms with E-state index in [1.54, 1.807) is 13.8 Å². The normalized spacial score (nSPS) is 10.6. The van der Waals surface area contributed by atoms with Crippen molar-refractivity contribution >= 4 is 5.97 Å². The fourth-order valence-electron chi connectivity index (χ4n) is 1.89. The van der Waals surface area contributed by atoms with E-state index in [-0.39, 0.29) is 23.3 Å². The van der Waals surface area contributed by atoms with Gasteiger partial charge in [0.2, 0.25) is 11.8 Å². The number of ether oxygens (including phenoxy) is 1. The minimum Gasteiger partial charge on any atom is -0.504 e. The molecule has 0 spiro atoms. The van der Waals surface area contributed by atoms with E-state index in [9.17, 15) is 20.1 Å². The van der Waals surface area contributed by atoms with Crippen LogP contribution >= 0.6 is 0 Å². The Morgan fingerprint density at radius 2 is 1.65 bits per heavy atom. The summed E-state index contributed by atoms with van der Waals surface area (Å²) in [6.07, 6.45) is 0. The van der Waals surface area contributed by atoms with Crippen molar-refractivity contribution in [1.82, 2.24) is 4.57 Å². The molecule has 6 nitrogen and oxygen atoms in total. The molecule has 1 aromatic heterocycles. The van der Waals surface area contributed by atoms with E-state index >= 15 is 0 Å². The summed E-state index contributed by atoms with van der Waals surface area (Å²) in [4.78, 5) is 11.0. The second-order valence-corrected chi connectivity index (χ2v) is 4.48. The minimum absolute atomic E-state index is 0.0437. The van der Waals surface area contributed by atoms with Crippen molar-refractivity contribution in [2.45, 2.75) is 20.8 Å². The lowest BCUT2D eigenvalue weighted by atomic mass is 10.2. The lowest BCUT2D eigenvalue weighted by molar-refractivity contribution is -0.132. The van der Waals surface area contributed by atoms with Gasteiger partial charge in [-0.05, 0) is 26.0 Å². The molecule has 2 aromatic rings. The van der Waals surface area contributed by atoms with Gasteiger partial charge in [-0.25, -0.2) is 0 Å². The number of hydrogen-bond acceptors (Lipinski definition) is 5. The van der Waals surface area contributed by atoms with Gasteiger partial charge in [-0.15, -0.1) is 0 Å². The molecule has 1 heterocycles. The number of nitrogens with zero attached hydrogens (tertiary/aromatic N) is 1. The Kier molecular flexibility index (Phi) is 3.31. The predicted octanol–water partition coefficient (Wildman–Crippen LogP) is 2.14. The van der Waals surface area contributed by atoms with Crippen LogP contribution in [-0.2, 0) is 4.79 Å². The molecule has 0 fully saturated rings. The van der Waals surface area contributed by atoms with E-state index < -0.39 is 5.97 Å². The lowest BCUT2D eigenvalue weighted by Crippen LogP contribution is -2.02. The number of aromatic hydroxyl groups is 3. The predicted molar refractivity (Wildman–Crippen MR) is 71.5 cm³/mol. The van der Waals surface area contributed by atoms with E-state index in [2.05, 4.69) is 0 Å². The zero-order chi connectivity index (χ0) is 15.0. The average Bonchev–Trinajstić information content (AvgIpc) is 2.57. The highest BCUT2D eigenvalue weighted by Crippen LogP contribution is 2.37. The molecule has 0 bridgehead atoms. The van der Waals surface area contributed by atoms with Crippen LogP contribution in [0.15, 0.2) is 18.2 Å². The van der Waals surface area contributed by atoms with Crippen LogP contribution in [0, 0.1) is 13.8 Å². The number of rotatable bonds is 2. The van der Waals surface area contributed by atoms with Crippen LogP contribution in [-0.4, -0.2) is 25.9 Å². The van der Waals surface area contributed by atoms with Crippen molar-refractivity contribution in [2.24, 2.45) is 0 Å². The standard InChI is InChI=1S/C14H15NO5/c1-7-8(2)14(19)15(13(7)18)10-4-5-11(17)12(6-10)20-9(3)16/h4-6,17-19H,1-3H3. The quantitative estimate of drug-likeness (QED) is 0.577. The number of phenols is 1. The van der Waals surface area contributed by atoms with Gasteiger partial charge in [0.15, 0.2) is 11.5 Å². The van der Waals surface area contributed by atoms with E-state index in [0.717, 1.165) is 0 Å². The van der Waals surface area contributed by atoms with Crippen LogP contribution in [0.4, 0.5) is 0 Å². The molecule has 6 heteroatoms. The Morgan fingerprint density at radius 1 is 1.10 bits per heavy atom. The first kappa shape index (κ1) is 13.8. The first-order chi connectivity index (χ1) is 9.32. The highest BCUT2D eigenvalue weighted by molar-refractivity contribution is 5.71. The molecule has 0 aliphatic heterocycles. The number of carbonyl (C=O) groups is 1. The molecule has 0 unspecified atom stereocenters. The van der Waals surface area contributed by atoms with Crippen LogP contribution in [0.25, 0.3) is 5.69 Å². The van der Waals surface area contributed by atoms with Gasteiger partial charge in [-0.3, -0.25) is 9.36 Å². The summed E-state index contributed by atoms with van der Waals surface area (Å²) in [5, 5.41) is 29.7. The molecule has 0 aliphatic rings. The fraction of sp³-hybridized carbons (Fsp3) is 0.214. The molecule has 0 atom stereocenters. The molecule has 3 N–H and O–H groups in total. The van der Waals surface area contributed by atoms with E-state index in [4.69, 9.17) is 4.74 Å². The summed E-state index contributed by atoms with van der Waals surface area (Å²) >= 11 is 0. The molecule has 1 aromatic carbocycles. The number of phenolic OH excluding ortho intramolecular Hbond substituents is 1. The highest BCUT2D eigenvalue weighted by atomic mass is 16.5. The molecule has 2 rings (SSSR count). The lowest BCUT2D eigenvalue weighted by Gasteiger charge is -2.10. The van der Waals surface area contributed by atoms with Crippen LogP contribution in [0.2, 0.25) is 0 Å². The Labute approximate surface area is 115 Å². The maximum atomic E-state index is 11.0. The highest BCUT2D eigenvalue weighted by Gasteiger charge is 2.18. The van der Waals surface area contributed by atoms with Crippen molar-refractivity contribution in [1.29, 1.82) is 0 Å². The van der Waals surface area contributed by atoms with Crippen LogP contribution in [0.5, 0.6) is 23.3 Å². The maximum absolute atomic E-state index is 11.0. The monoisotopic (exact) mass is 277 g/mol. The molecule has 0 saturated carbocycles. The summed E-state index contributed by atoms with van der Waals surface area (Å²) in [5.41, 5.74) is 1.46. The van der Waals surface area contributed by atoms with Crippen molar-refractivity contribution < 1.29 is 24.9 Å². The van der Waals surface area contributed by atoms with Crippen LogP contribution in [0.1, 0.15) is 18.1 Å². The van der Waals surface area contributed by atoms with Gasteiger partial charge in [-0.1, -0.05) is 0 Å². The van der Waals surface area contributed by atoms with Gasteiger partial charge in [-0.2, -0.15) is 0 Å². The summed E-state index contributed by atoms with van der Waals surface area (Å²) in [5.74, 6) is -1.05. The van der Waals surface area contributed by atoms with Gasteiger partial charge < -0.3 is 20.1 Å². The SMILES string of the molecule is CC(=O)Oc1cc(-n2c(O)c(C)c(C)c2O)ccc1O. The Morgan fingerprint density at radius 3 is 2.15 bits per heavy atom. The summed E-state index contributed by atoms with van der Waals surface area (Å²) < 4.78 is 6.06. The van der Waals surface area contributed by atoms with Crippen LogP contribution < -0.4 is 4.74 Å². The van der Waals surface area contributed by atoms with Crippen molar-refractivity contribution in [2.75, 3.05) is 0 Å². The Hall–Kier alpha value is -2.63. The van der Waals surface area contributed by atoms with E-state index in [0.29, 0.717) is 16.8 Å². The van der Waals surface area contributed by atoms with Gasteiger partial charge >= 0.3 is 5.97 Å². The number of hydrogen-bond donors (Lipinski definition) is 3. The largest absolute Gasteiger partial charge is 0.504 e. The smallest absolute Gasteiger partial charge is 0.308 e. The third-order valence-electron chi connectivity index (χ3n) is 3.11. The summed E-state index contributed by atoms with van der Waals surface area (Å²) in [7, 11) is 0. The zero-order valence-electron chi connectivity index (χ0n) is 11.3. The minimum atomic E-state index is -0.578. The van der Waals surface area contributed by atoms with Gasteiger partial charge in [0.25, 0.3) is 0 Å². The van der Waals surface area contributed by atoms with Gasteiger partial charge in [0.05, 0.1) is 5.69 Å². The van der Waals surface area contributed by atoms with Crippen molar-refractivity contribution in [3.05, 3.63) is 29.3 Å². The molecule has 106 valence electrons. The number of carbonyl (C=O) groups excluding carboxylic acids is 1. The first-order valence-electron chi connectivity index (χ1n) is 5.94. The number of aromatic nitrogens is 1. The molecule has 20 heavy (non-hydrogen) atoms. The zero-order valence-corrected chi connectivity index (χ0v) is 11.3. The van der Waals surface area contributed by atoms with Crippen LogP contribution in [0.3, 0.4) is 0 Å². The van der Waals surface area contributed by atoms with Crippen molar-refractivity contribution in [3.8, 4) is 28.9 Å². The number of esters is 1. The van der Waals surface area contributed by atoms with Gasteiger partial charge in [0, 0.05) is 24.1 Å². The first-order valence-corrected chi connectivity index (χ1v) is 5.94. The number of benzene rings is 1. The summed E-state index contributed by atoms with van der Waals surface area (Å²) in [6.45, 7) is 4.56. The maximum Gasteiger partial charge on any atom is 0.308 e. The molecular weight excluding hydrogens is 262 g/mol. The molecule has 0 aliphatic carbocycles. The molecular formula is C14H15NO5. The third-order valence-corrected chi connectivity index (χ3v) is 3.11. The average molecular weight is 277 g/mol.